The minimum absolute atomic E-state index is 0.365. The molecule has 0 unspecified atom stereocenters. The number of hydrogen-bond acceptors (Lipinski definition) is 6. The van der Waals surface area contributed by atoms with Gasteiger partial charge in [0.1, 0.15) is 4.70 Å². The predicted molar refractivity (Wildman–Crippen MR) is 36.3 cm³/mol. The Labute approximate surface area is 59.9 Å². The second-order valence-corrected chi connectivity index (χ2v) is 2.43. The molecule has 0 bridgehead atoms. The predicted octanol–water partition coefficient (Wildman–Crippen LogP) is -0.136. The maximum absolute atomic E-state index is 5.44. The molecule has 0 saturated carbocycles. The Morgan fingerprint density at radius 3 is 3.10 bits per heavy atom. The molecule has 0 amide bonds. The van der Waals surface area contributed by atoms with Crippen LogP contribution in [0, 0.1) is 5.51 Å². The molecular weight excluding hydrogens is 150 g/mol. The molecule has 2 N–H and O–H groups in total. The van der Waals surface area contributed by atoms with E-state index in [0.29, 0.717) is 11.5 Å². The van der Waals surface area contributed by atoms with Gasteiger partial charge in [-0.1, -0.05) is 0 Å². The average molecular weight is 152 g/mol. The normalized spacial score (nSPS) is 10.4. The summed E-state index contributed by atoms with van der Waals surface area (Å²) in [6.45, 7) is 0. The van der Waals surface area contributed by atoms with Crippen LogP contribution in [0.5, 0.6) is 0 Å². The SMILES string of the molecule is Nc1nnnc2n[c]sc12. The van der Waals surface area contributed by atoms with Crippen LogP contribution in [0.15, 0.2) is 0 Å². The first-order chi connectivity index (χ1) is 4.88. The lowest BCUT2D eigenvalue weighted by atomic mass is 10.6. The Bertz CT molecular complexity index is 355. The van der Waals surface area contributed by atoms with E-state index in [4.69, 9.17) is 5.73 Å². The lowest BCUT2D eigenvalue weighted by molar-refractivity contribution is 0.897. The number of fused-ring (bicyclic) bond motifs is 1. The molecule has 0 fully saturated rings. The number of nitrogens with two attached hydrogens (primary N) is 1. The van der Waals surface area contributed by atoms with Gasteiger partial charge in [0.15, 0.2) is 17.0 Å². The molecule has 2 heterocycles. The van der Waals surface area contributed by atoms with Crippen LogP contribution >= 0.6 is 11.3 Å². The van der Waals surface area contributed by atoms with Gasteiger partial charge in [-0.25, -0.2) is 4.98 Å². The van der Waals surface area contributed by atoms with Crippen molar-refractivity contribution in [2.75, 3.05) is 5.73 Å². The topological polar surface area (TPSA) is 77.6 Å². The van der Waals surface area contributed by atoms with E-state index >= 15 is 0 Å². The molecule has 0 aromatic carbocycles. The number of thiazole rings is 1. The monoisotopic (exact) mass is 152 g/mol. The molecule has 2 rings (SSSR count). The van der Waals surface area contributed by atoms with E-state index in [1.807, 2.05) is 0 Å². The highest BCUT2D eigenvalue weighted by Gasteiger charge is 2.02. The Balaban J connectivity index is 2.95. The standard InChI is InChI=1S/C4H2N5S/c5-3-2-4(6-1-10-2)8-9-7-3/h(H2,5,7,8). The fourth-order valence-electron chi connectivity index (χ4n) is 0.601. The summed E-state index contributed by atoms with van der Waals surface area (Å²) in [6.07, 6.45) is 0. The first kappa shape index (κ1) is 5.48. The third-order valence-electron chi connectivity index (χ3n) is 1.03. The summed E-state index contributed by atoms with van der Waals surface area (Å²) in [4.78, 5) is 3.78. The third kappa shape index (κ3) is 0.623. The zero-order valence-corrected chi connectivity index (χ0v) is 5.59. The first-order valence-corrected chi connectivity index (χ1v) is 3.31. The van der Waals surface area contributed by atoms with Crippen molar-refractivity contribution in [2.45, 2.75) is 0 Å². The van der Waals surface area contributed by atoms with E-state index < -0.39 is 0 Å². The highest BCUT2D eigenvalue weighted by molar-refractivity contribution is 7.16. The van der Waals surface area contributed by atoms with Crippen molar-refractivity contribution in [1.29, 1.82) is 0 Å². The number of hydrogen-bond donors (Lipinski definition) is 1. The van der Waals surface area contributed by atoms with Crippen molar-refractivity contribution in [3.8, 4) is 0 Å². The molecule has 0 aliphatic rings. The van der Waals surface area contributed by atoms with Gasteiger partial charge in [-0.15, -0.1) is 21.5 Å². The zero-order chi connectivity index (χ0) is 6.97. The third-order valence-corrected chi connectivity index (χ3v) is 1.81. The molecule has 0 saturated heterocycles. The molecular formula is C4H2N5S. The maximum atomic E-state index is 5.44. The molecule has 6 heteroatoms. The highest BCUT2D eigenvalue weighted by Crippen LogP contribution is 2.17. The van der Waals surface area contributed by atoms with Crippen LogP contribution in [0.1, 0.15) is 0 Å². The molecule has 5 nitrogen and oxygen atoms in total. The number of aromatic nitrogens is 4. The lowest BCUT2D eigenvalue weighted by Gasteiger charge is -1.86. The Hall–Kier alpha value is -1.30. The van der Waals surface area contributed by atoms with Gasteiger partial charge in [-0.05, 0) is 5.21 Å². The van der Waals surface area contributed by atoms with Crippen LogP contribution in [0.2, 0.25) is 0 Å². The summed E-state index contributed by atoms with van der Waals surface area (Å²) in [5.41, 5.74) is 8.60. The van der Waals surface area contributed by atoms with E-state index in [9.17, 15) is 0 Å². The summed E-state index contributed by atoms with van der Waals surface area (Å²) in [6, 6.07) is 0. The van der Waals surface area contributed by atoms with Crippen LogP contribution < -0.4 is 5.73 Å². The van der Waals surface area contributed by atoms with Gasteiger partial charge in [0, 0.05) is 0 Å². The van der Waals surface area contributed by atoms with Crippen LogP contribution in [0.3, 0.4) is 0 Å². The second-order valence-electron chi connectivity index (χ2n) is 1.63. The van der Waals surface area contributed by atoms with Gasteiger partial charge in [-0.2, -0.15) is 0 Å². The van der Waals surface area contributed by atoms with Crippen molar-refractivity contribution >= 4 is 27.5 Å². The fourth-order valence-corrected chi connectivity index (χ4v) is 1.15. The molecule has 49 valence electrons. The van der Waals surface area contributed by atoms with Gasteiger partial charge < -0.3 is 5.73 Å². The summed E-state index contributed by atoms with van der Waals surface area (Å²) in [5, 5.41) is 10.6. The molecule has 0 atom stereocenters. The van der Waals surface area contributed by atoms with Crippen molar-refractivity contribution in [3.05, 3.63) is 5.51 Å². The summed E-state index contributed by atoms with van der Waals surface area (Å²) in [7, 11) is 0. The molecule has 0 aliphatic carbocycles. The second kappa shape index (κ2) is 1.84. The summed E-state index contributed by atoms with van der Waals surface area (Å²) >= 11 is 1.29. The van der Waals surface area contributed by atoms with Crippen LogP contribution in [-0.4, -0.2) is 20.4 Å². The first-order valence-electron chi connectivity index (χ1n) is 2.49. The molecule has 1 radical (unpaired) electrons. The van der Waals surface area contributed by atoms with Crippen LogP contribution in [0.25, 0.3) is 10.3 Å². The van der Waals surface area contributed by atoms with Gasteiger partial charge in [0.05, 0.1) is 0 Å². The smallest absolute Gasteiger partial charge is 0.199 e. The van der Waals surface area contributed by atoms with Gasteiger partial charge in [-0.3, -0.25) is 0 Å². The fraction of sp³-hybridized carbons (Fsp3) is 0. The van der Waals surface area contributed by atoms with E-state index in [1.54, 1.807) is 0 Å². The van der Waals surface area contributed by atoms with Gasteiger partial charge in [0.2, 0.25) is 0 Å². The van der Waals surface area contributed by atoms with Crippen molar-refractivity contribution in [2.24, 2.45) is 0 Å². The van der Waals surface area contributed by atoms with E-state index in [2.05, 4.69) is 25.9 Å². The van der Waals surface area contributed by atoms with Crippen molar-refractivity contribution in [1.82, 2.24) is 20.4 Å². The molecule has 10 heavy (non-hydrogen) atoms. The molecule has 2 aromatic heterocycles. The number of nitrogens with zero attached hydrogens (tertiary/aromatic N) is 4. The van der Waals surface area contributed by atoms with Gasteiger partial charge >= 0.3 is 0 Å². The minimum Gasteiger partial charge on any atom is -0.381 e. The summed E-state index contributed by atoms with van der Waals surface area (Å²) < 4.78 is 0.745. The van der Waals surface area contributed by atoms with Crippen LogP contribution in [-0.2, 0) is 0 Å². The minimum atomic E-state index is 0.365. The summed E-state index contributed by atoms with van der Waals surface area (Å²) in [5.74, 6) is 0.365. The van der Waals surface area contributed by atoms with Crippen molar-refractivity contribution in [3.63, 3.8) is 0 Å². The quantitative estimate of drug-likeness (QED) is 0.568. The number of anilines is 1. The Morgan fingerprint density at radius 1 is 1.40 bits per heavy atom. The largest absolute Gasteiger partial charge is 0.381 e. The van der Waals surface area contributed by atoms with Gasteiger partial charge in [0.25, 0.3) is 0 Å². The average Bonchev–Trinajstić information content (AvgIpc) is 2.36. The number of nitrogen functional groups attached to an aromatic ring is 1. The number of rotatable bonds is 0. The van der Waals surface area contributed by atoms with E-state index in [-0.39, 0.29) is 0 Å². The van der Waals surface area contributed by atoms with E-state index in [1.165, 1.54) is 11.3 Å². The zero-order valence-electron chi connectivity index (χ0n) is 4.77. The van der Waals surface area contributed by atoms with Crippen LogP contribution in [0.4, 0.5) is 5.82 Å². The Kier molecular flexibility index (Phi) is 1.01. The highest BCUT2D eigenvalue weighted by atomic mass is 32.1. The van der Waals surface area contributed by atoms with E-state index in [0.717, 1.165) is 4.70 Å². The Morgan fingerprint density at radius 2 is 2.30 bits per heavy atom. The molecule has 0 aliphatic heterocycles. The van der Waals surface area contributed by atoms with Crippen molar-refractivity contribution < 1.29 is 0 Å². The maximum Gasteiger partial charge on any atom is 0.199 e. The molecule has 2 aromatic rings. The molecule has 0 spiro atoms. The lowest BCUT2D eigenvalue weighted by Crippen LogP contribution is -1.94.